The van der Waals surface area contributed by atoms with Gasteiger partial charge >= 0.3 is 24.3 Å². The average molecular weight is 585 g/mol. The molecular formula is C24H29F6N3O7. The predicted octanol–water partition coefficient (Wildman–Crippen LogP) is 4.23. The van der Waals surface area contributed by atoms with Crippen molar-refractivity contribution in [2.24, 2.45) is 5.92 Å². The standard InChI is InChI=1S/C20H27N3O3.2C2HF3O2/c1-16-10-19(22-26-16)12-23-14-20(15-23)11-17(6-9-25-20)5-8-24-13-18-4-2-3-7-21-18;2*3-2(4,5)1(6)7/h2-4,7,10,17H,5-6,8-9,11-15H2,1H3;2*(H,6,7). The van der Waals surface area contributed by atoms with E-state index < -0.39 is 24.3 Å². The highest BCUT2D eigenvalue weighted by atomic mass is 19.4. The summed E-state index contributed by atoms with van der Waals surface area (Å²) < 4.78 is 80.6. The van der Waals surface area contributed by atoms with E-state index >= 15 is 0 Å². The van der Waals surface area contributed by atoms with Crippen LogP contribution in [0.1, 0.15) is 36.4 Å². The third kappa shape index (κ3) is 11.5. The molecule has 0 bridgehead atoms. The summed E-state index contributed by atoms with van der Waals surface area (Å²) in [5, 5.41) is 18.3. The number of aromatic nitrogens is 2. The van der Waals surface area contributed by atoms with Crippen LogP contribution in [0.5, 0.6) is 0 Å². The summed E-state index contributed by atoms with van der Waals surface area (Å²) in [6, 6.07) is 7.94. The molecule has 4 rings (SSSR count). The molecule has 2 fully saturated rings. The smallest absolute Gasteiger partial charge is 0.475 e. The zero-order chi connectivity index (χ0) is 30.0. The number of alkyl halides is 6. The molecule has 2 aromatic heterocycles. The second-order valence-electron chi connectivity index (χ2n) is 9.23. The van der Waals surface area contributed by atoms with E-state index in [-0.39, 0.29) is 5.60 Å². The second-order valence-corrected chi connectivity index (χ2v) is 9.23. The number of aliphatic carboxylic acids is 2. The summed E-state index contributed by atoms with van der Waals surface area (Å²) in [5.41, 5.74) is 2.05. The lowest BCUT2D eigenvalue weighted by atomic mass is 9.79. The van der Waals surface area contributed by atoms with Crippen molar-refractivity contribution in [2.75, 3.05) is 26.3 Å². The molecule has 0 aliphatic carbocycles. The number of pyridine rings is 1. The summed E-state index contributed by atoms with van der Waals surface area (Å²) >= 11 is 0. The van der Waals surface area contributed by atoms with Crippen LogP contribution in [-0.4, -0.2) is 81.4 Å². The number of nitrogens with zero attached hydrogens (tertiary/aromatic N) is 3. The van der Waals surface area contributed by atoms with Crippen molar-refractivity contribution < 1.29 is 60.1 Å². The molecule has 2 aromatic rings. The summed E-state index contributed by atoms with van der Waals surface area (Å²) in [7, 11) is 0. The van der Waals surface area contributed by atoms with Crippen molar-refractivity contribution in [2.45, 2.75) is 57.3 Å². The molecule has 2 N–H and O–H groups in total. The number of carboxylic acid groups (broad SMARTS) is 2. The molecule has 2 aliphatic heterocycles. The Bertz CT molecular complexity index is 1050. The van der Waals surface area contributed by atoms with Gasteiger partial charge in [0, 0.05) is 45.1 Å². The molecular weight excluding hydrogens is 556 g/mol. The largest absolute Gasteiger partial charge is 0.490 e. The SMILES string of the molecule is Cc1cc(CN2CC3(CC(CCOCc4ccccn4)CCO3)C2)no1.O=C(O)C(F)(F)F.O=C(O)C(F)(F)F. The van der Waals surface area contributed by atoms with Gasteiger partial charge in [0.25, 0.3) is 0 Å². The molecule has 1 spiro atoms. The number of hydrogen-bond donors (Lipinski definition) is 2. The Hall–Kier alpha value is -3.24. The number of rotatable bonds is 7. The van der Waals surface area contributed by atoms with Gasteiger partial charge in [-0.1, -0.05) is 11.2 Å². The summed E-state index contributed by atoms with van der Waals surface area (Å²) in [6.07, 6.45) is -4.99. The molecule has 1 unspecified atom stereocenters. The van der Waals surface area contributed by atoms with E-state index in [1.807, 2.05) is 37.4 Å². The molecule has 16 heteroatoms. The van der Waals surface area contributed by atoms with Crippen molar-refractivity contribution in [3.8, 4) is 0 Å². The highest BCUT2D eigenvalue weighted by molar-refractivity contribution is 5.73. The van der Waals surface area contributed by atoms with E-state index in [1.54, 1.807) is 0 Å². The van der Waals surface area contributed by atoms with Gasteiger partial charge in [-0.05, 0) is 44.2 Å². The van der Waals surface area contributed by atoms with Gasteiger partial charge in [0.1, 0.15) is 5.76 Å². The van der Waals surface area contributed by atoms with Crippen LogP contribution in [0.2, 0.25) is 0 Å². The number of likely N-dealkylation sites (tertiary alicyclic amines) is 1. The fourth-order valence-corrected chi connectivity index (χ4v) is 4.11. The fourth-order valence-electron chi connectivity index (χ4n) is 4.11. The molecule has 0 amide bonds. The highest BCUT2D eigenvalue weighted by Crippen LogP contribution is 2.38. The molecule has 0 aromatic carbocycles. The fraction of sp³-hybridized carbons (Fsp3) is 0.583. The Morgan fingerprint density at radius 3 is 2.23 bits per heavy atom. The molecule has 0 saturated carbocycles. The Balaban J connectivity index is 0.000000333. The minimum absolute atomic E-state index is 0.0443. The maximum absolute atomic E-state index is 10.6. The predicted molar refractivity (Wildman–Crippen MR) is 124 cm³/mol. The molecule has 2 saturated heterocycles. The highest BCUT2D eigenvalue weighted by Gasteiger charge is 2.47. The van der Waals surface area contributed by atoms with Crippen LogP contribution in [0.15, 0.2) is 35.0 Å². The Kier molecular flexibility index (Phi) is 11.9. The minimum Gasteiger partial charge on any atom is -0.475 e. The van der Waals surface area contributed by atoms with E-state index in [1.165, 1.54) is 0 Å². The Labute approximate surface area is 224 Å². The van der Waals surface area contributed by atoms with Crippen molar-refractivity contribution in [3.05, 3.63) is 47.6 Å². The maximum Gasteiger partial charge on any atom is 0.490 e. The van der Waals surface area contributed by atoms with Crippen LogP contribution >= 0.6 is 0 Å². The molecule has 224 valence electrons. The molecule has 4 heterocycles. The van der Waals surface area contributed by atoms with Crippen molar-refractivity contribution in [1.29, 1.82) is 0 Å². The molecule has 1 atom stereocenters. The maximum atomic E-state index is 10.6. The van der Waals surface area contributed by atoms with E-state index in [9.17, 15) is 26.3 Å². The van der Waals surface area contributed by atoms with Gasteiger partial charge in [-0.2, -0.15) is 26.3 Å². The number of aryl methyl sites for hydroxylation is 1. The van der Waals surface area contributed by atoms with Gasteiger partial charge in [0.15, 0.2) is 0 Å². The monoisotopic (exact) mass is 585 g/mol. The van der Waals surface area contributed by atoms with Crippen LogP contribution in [0.3, 0.4) is 0 Å². The van der Waals surface area contributed by atoms with Crippen molar-refractivity contribution >= 4 is 11.9 Å². The van der Waals surface area contributed by atoms with Gasteiger partial charge in [0.2, 0.25) is 0 Å². The number of hydrogen-bond acceptors (Lipinski definition) is 8. The molecule has 2 aliphatic rings. The first-order valence-electron chi connectivity index (χ1n) is 12.0. The second kappa shape index (κ2) is 14.4. The van der Waals surface area contributed by atoms with E-state index in [4.69, 9.17) is 33.8 Å². The quantitative estimate of drug-likeness (QED) is 0.359. The topological polar surface area (TPSA) is 135 Å². The average Bonchev–Trinajstić information content (AvgIpc) is 3.26. The lowest BCUT2D eigenvalue weighted by Gasteiger charge is -2.53. The first kappa shape index (κ1) is 33.0. The molecule has 0 radical (unpaired) electrons. The summed E-state index contributed by atoms with van der Waals surface area (Å²) in [4.78, 5) is 24.5. The van der Waals surface area contributed by atoms with Gasteiger partial charge in [0.05, 0.1) is 23.6 Å². The first-order chi connectivity index (χ1) is 18.6. The van der Waals surface area contributed by atoms with Crippen LogP contribution in [-0.2, 0) is 32.2 Å². The lowest BCUT2D eigenvalue weighted by molar-refractivity contribution is -0.193. The first-order valence-corrected chi connectivity index (χ1v) is 12.0. The number of carboxylic acids is 2. The van der Waals surface area contributed by atoms with Crippen LogP contribution in [0.4, 0.5) is 26.3 Å². The summed E-state index contributed by atoms with van der Waals surface area (Å²) in [6.45, 7) is 7.01. The van der Waals surface area contributed by atoms with Crippen molar-refractivity contribution in [1.82, 2.24) is 15.0 Å². The van der Waals surface area contributed by atoms with Crippen molar-refractivity contribution in [3.63, 3.8) is 0 Å². The van der Waals surface area contributed by atoms with Crippen LogP contribution < -0.4 is 0 Å². The van der Waals surface area contributed by atoms with Gasteiger partial charge in [-0.3, -0.25) is 9.88 Å². The molecule has 10 nitrogen and oxygen atoms in total. The number of halogens is 6. The van der Waals surface area contributed by atoms with E-state index in [2.05, 4.69) is 15.0 Å². The lowest BCUT2D eigenvalue weighted by Crippen LogP contribution is -2.64. The Morgan fingerprint density at radius 1 is 1.10 bits per heavy atom. The zero-order valence-electron chi connectivity index (χ0n) is 21.4. The zero-order valence-corrected chi connectivity index (χ0v) is 21.4. The minimum atomic E-state index is -5.08. The normalized spacial score (nSPS) is 18.5. The molecule has 40 heavy (non-hydrogen) atoms. The van der Waals surface area contributed by atoms with E-state index in [0.717, 1.165) is 69.3 Å². The number of carbonyl (C=O) groups is 2. The van der Waals surface area contributed by atoms with E-state index in [0.29, 0.717) is 12.5 Å². The van der Waals surface area contributed by atoms with Gasteiger partial charge in [-0.15, -0.1) is 0 Å². The van der Waals surface area contributed by atoms with Crippen LogP contribution in [0.25, 0.3) is 0 Å². The van der Waals surface area contributed by atoms with Gasteiger partial charge < -0.3 is 24.2 Å². The third-order valence-corrected chi connectivity index (χ3v) is 5.81. The van der Waals surface area contributed by atoms with Gasteiger partial charge in [-0.25, -0.2) is 9.59 Å². The number of ether oxygens (including phenoxy) is 2. The summed E-state index contributed by atoms with van der Waals surface area (Å²) in [5.74, 6) is -3.96. The van der Waals surface area contributed by atoms with Crippen LogP contribution in [0, 0.1) is 12.8 Å². The Morgan fingerprint density at radius 2 is 1.73 bits per heavy atom. The third-order valence-electron chi connectivity index (χ3n) is 5.81.